The van der Waals surface area contributed by atoms with E-state index in [1.165, 1.54) is 27.2 Å². The van der Waals surface area contributed by atoms with Crippen LogP contribution in [0.2, 0.25) is 0 Å². The highest BCUT2D eigenvalue weighted by Gasteiger charge is 2.40. The number of nitrogens with one attached hydrogen (secondary N) is 1. The summed E-state index contributed by atoms with van der Waals surface area (Å²) in [6, 6.07) is 22.9. The van der Waals surface area contributed by atoms with Crippen molar-refractivity contribution >= 4 is 51.9 Å². The third kappa shape index (κ3) is 5.70. The van der Waals surface area contributed by atoms with E-state index in [1.807, 2.05) is 43.3 Å². The van der Waals surface area contributed by atoms with Gasteiger partial charge in [-0.25, -0.2) is 0 Å². The second kappa shape index (κ2) is 11.9. The Kier molecular flexibility index (Phi) is 7.96. The summed E-state index contributed by atoms with van der Waals surface area (Å²) in [5, 5.41) is 5.72. The number of benzene rings is 3. The third-order valence-corrected chi connectivity index (χ3v) is 9.89. The van der Waals surface area contributed by atoms with E-state index in [0.29, 0.717) is 11.8 Å². The molecule has 44 heavy (non-hydrogen) atoms. The van der Waals surface area contributed by atoms with Crippen LogP contribution in [0.25, 0.3) is 28.5 Å². The minimum absolute atomic E-state index is 0.162. The van der Waals surface area contributed by atoms with Crippen LogP contribution < -0.4 is 5.32 Å². The van der Waals surface area contributed by atoms with Crippen molar-refractivity contribution in [2.24, 2.45) is 0 Å². The van der Waals surface area contributed by atoms with Crippen molar-refractivity contribution in [1.29, 1.82) is 0 Å². The zero-order valence-corrected chi connectivity index (χ0v) is 26.7. The van der Waals surface area contributed by atoms with Crippen LogP contribution in [0.4, 0.5) is 0 Å². The lowest BCUT2D eigenvalue weighted by Gasteiger charge is -2.22. The van der Waals surface area contributed by atoms with Crippen LogP contribution in [0.3, 0.4) is 0 Å². The van der Waals surface area contributed by atoms with E-state index >= 15 is 0 Å². The first-order valence-corrected chi connectivity index (χ1v) is 15.9. The van der Waals surface area contributed by atoms with E-state index in [2.05, 4.69) is 93.8 Å². The quantitative estimate of drug-likeness (QED) is 0.0761. The van der Waals surface area contributed by atoms with Crippen LogP contribution in [0.15, 0.2) is 108 Å². The Balaban J connectivity index is 1.39. The molecule has 1 atom stereocenters. The summed E-state index contributed by atoms with van der Waals surface area (Å²) in [4.78, 5) is 28.0. The lowest BCUT2D eigenvalue weighted by Crippen LogP contribution is -2.23. The molecule has 0 radical (unpaired) electrons. The van der Waals surface area contributed by atoms with E-state index in [9.17, 15) is 9.59 Å². The Labute approximate surface area is 264 Å². The SMILES string of the molecule is CC1=CCC(N/C=C2\C(=C/c3ccc(C)cc3)C(C)(C)c3cc(/C=C(/C=O)C(=O)c4cc5ccccc5cc4C)sc32)C=C1. The van der Waals surface area contributed by atoms with Crippen molar-refractivity contribution in [3.8, 4) is 0 Å². The van der Waals surface area contributed by atoms with Gasteiger partial charge in [-0.15, -0.1) is 11.3 Å². The van der Waals surface area contributed by atoms with Crippen LogP contribution in [0.1, 0.15) is 69.6 Å². The van der Waals surface area contributed by atoms with Crippen LogP contribution in [-0.2, 0) is 10.2 Å². The summed E-state index contributed by atoms with van der Waals surface area (Å²) in [5.41, 5.74) is 8.60. The van der Waals surface area contributed by atoms with E-state index in [4.69, 9.17) is 0 Å². The Morgan fingerprint density at radius 3 is 2.39 bits per heavy atom. The largest absolute Gasteiger partial charge is 0.384 e. The van der Waals surface area contributed by atoms with Gasteiger partial charge in [0, 0.05) is 38.5 Å². The molecule has 0 saturated carbocycles. The highest BCUT2D eigenvalue weighted by Crippen LogP contribution is 2.53. The number of hydrogen-bond donors (Lipinski definition) is 1. The summed E-state index contributed by atoms with van der Waals surface area (Å²) in [7, 11) is 0. The zero-order chi connectivity index (χ0) is 31.0. The van der Waals surface area contributed by atoms with Gasteiger partial charge >= 0.3 is 0 Å². The van der Waals surface area contributed by atoms with Gasteiger partial charge in [0.25, 0.3) is 0 Å². The van der Waals surface area contributed by atoms with Crippen LogP contribution in [0.5, 0.6) is 0 Å². The second-order valence-corrected chi connectivity index (χ2v) is 13.5. The monoisotopic (exact) mass is 595 g/mol. The van der Waals surface area contributed by atoms with Gasteiger partial charge in [-0.3, -0.25) is 9.59 Å². The molecule has 1 aromatic heterocycles. The fourth-order valence-electron chi connectivity index (χ4n) is 6.08. The Hall–Kier alpha value is -4.54. The standard InChI is InChI=1S/C40H37NO2S/c1-25-10-14-28(15-11-25)19-36-35(23-41-32-16-12-26(2)13-17-32)39-37(40(36,4)5)22-33(44-39)20-31(24-42)38(43)34-21-30-9-7-6-8-29(30)18-27(34)3/h6-16,18-24,32,41H,17H2,1-5H3/b31-20-,35-23+,36-19+. The highest BCUT2D eigenvalue weighted by atomic mass is 32.1. The Morgan fingerprint density at radius 2 is 1.70 bits per heavy atom. The van der Waals surface area contributed by atoms with Crippen LogP contribution >= 0.6 is 11.3 Å². The smallest absolute Gasteiger partial charge is 0.196 e. The summed E-state index contributed by atoms with van der Waals surface area (Å²) >= 11 is 1.63. The number of Topliss-reactive ketones (excluding diaryl/α,β-unsaturated/α-hetero) is 1. The second-order valence-electron chi connectivity index (χ2n) is 12.4. The fourth-order valence-corrected chi connectivity index (χ4v) is 7.38. The number of hydrogen-bond acceptors (Lipinski definition) is 4. The van der Waals surface area contributed by atoms with Gasteiger partial charge in [0.15, 0.2) is 12.1 Å². The molecule has 4 heteroatoms. The molecule has 2 aliphatic carbocycles. The number of ketones is 1. The van der Waals surface area contributed by atoms with E-state index < -0.39 is 0 Å². The van der Waals surface area contributed by atoms with Gasteiger partial charge in [0.1, 0.15) is 0 Å². The van der Waals surface area contributed by atoms with Gasteiger partial charge in [-0.05, 0) is 78.4 Å². The lowest BCUT2D eigenvalue weighted by molar-refractivity contribution is -0.104. The first kappa shape index (κ1) is 29.5. The van der Waals surface area contributed by atoms with Crippen molar-refractivity contribution in [1.82, 2.24) is 5.32 Å². The van der Waals surface area contributed by atoms with Crippen LogP contribution in [-0.4, -0.2) is 18.1 Å². The fraction of sp³-hybridized carbons (Fsp3) is 0.200. The Morgan fingerprint density at radius 1 is 0.977 bits per heavy atom. The summed E-state index contributed by atoms with van der Waals surface area (Å²) in [6.45, 7) is 10.7. The van der Waals surface area contributed by atoms with Crippen molar-refractivity contribution in [3.63, 3.8) is 0 Å². The number of aryl methyl sites for hydroxylation is 2. The first-order valence-electron chi connectivity index (χ1n) is 15.1. The predicted octanol–water partition coefficient (Wildman–Crippen LogP) is 9.56. The highest BCUT2D eigenvalue weighted by molar-refractivity contribution is 7.14. The molecule has 0 spiro atoms. The molecular weight excluding hydrogens is 559 g/mol. The van der Waals surface area contributed by atoms with E-state index in [1.54, 1.807) is 17.4 Å². The molecule has 4 aromatic rings. The predicted molar refractivity (Wildman–Crippen MR) is 186 cm³/mol. The molecule has 3 aromatic carbocycles. The molecular formula is C40H37NO2S. The first-order chi connectivity index (χ1) is 21.1. The Bertz CT molecular complexity index is 1940. The van der Waals surface area contributed by atoms with Gasteiger partial charge in [0.05, 0.1) is 5.57 Å². The topological polar surface area (TPSA) is 46.2 Å². The molecule has 0 amide bonds. The number of rotatable bonds is 7. The third-order valence-electron chi connectivity index (χ3n) is 8.77. The molecule has 6 rings (SSSR count). The van der Waals surface area contributed by atoms with Gasteiger partial charge < -0.3 is 5.32 Å². The molecule has 0 aliphatic heterocycles. The van der Waals surface area contributed by atoms with Gasteiger partial charge in [-0.1, -0.05) is 104 Å². The maximum absolute atomic E-state index is 13.7. The van der Waals surface area contributed by atoms with Gasteiger partial charge in [-0.2, -0.15) is 0 Å². The van der Waals surface area contributed by atoms with Crippen molar-refractivity contribution in [2.75, 3.05) is 0 Å². The summed E-state index contributed by atoms with van der Waals surface area (Å²) in [5.74, 6) is -0.249. The molecule has 0 bridgehead atoms. The molecule has 220 valence electrons. The molecule has 0 fully saturated rings. The minimum atomic E-state index is -0.268. The lowest BCUT2D eigenvalue weighted by atomic mass is 9.81. The average Bonchev–Trinajstić information content (AvgIpc) is 3.52. The molecule has 1 unspecified atom stereocenters. The normalized spacial score (nSPS) is 19.3. The minimum Gasteiger partial charge on any atom is -0.384 e. The number of thiophene rings is 1. The van der Waals surface area contributed by atoms with Crippen LogP contribution in [0, 0.1) is 13.8 Å². The number of fused-ring (bicyclic) bond motifs is 2. The number of carbonyl (C=O) groups excluding carboxylic acids is 2. The van der Waals surface area contributed by atoms with Crippen molar-refractivity contribution < 1.29 is 9.59 Å². The number of carbonyl (C=O) groups is 2. The zero-order valence-electron chi connectivity index (χ0n) is 25.9. The van der Waals surface area contributed by atoms with E-state index in [0.717, 1.165) is 38.8 Å². The van der Waals surface area contributed by atoms with Crippen molar-refractivity contribution in [3.05, 3.63) is 145 Å². The maximum Gasteiger partial charge on any atom is 0.196 e. The summed E-state index contributed by atoms with van der Waals surface area (Å²) < 4.78 is 0. The summed E-state index contributed by atoms with van der Waals surface area (Å²) in [6.07, 6.45) is 14.5. The molecule has 1 heterocycles. The number of aldehydes is 1. The van der Waals surface area contributed by atoms with Gasteiger partial charge in [0.2, 0.25) is 0 Å². The van der Waals surface area contributed by atoms with Crippen molar-refractivity contribution in [2.45, 2.75) is 52.5 Å². The molecule has 2 aliphatic rings. The molecule has 0 saturated heterocycles. The number of allylic oxidation sites excluding steroid dienone is 5. The average molecular weight is 596 g/mol. The molecule has 1 N–H and O–H groups in total. The van der Waals surface area contributed by atoms with E-state index in [-0.39, 0.29) is 22.8 Å². The molecule has 3 nitrogen and oxygen atoms in total. The maximum atomic E-state index is 13.7.